The summed E-state index contributed by atoms with van der Waals surface area (Å²) in [6, 6.07) is 1.86. The van der Waals surface area contributed by atoms with Crippen molar-refractivity contribution in [2.24, 2.45) is 0 Å². The number of nitrogens with zero attached hydrogens (tertiary/aromatic N) is 5. The maximum absolute atomic E-state index is 12.3. The fraction of sp³-hybridized carbons (Fsp3) is 0.737. The average molecular weight is 377 g/mol. The molecule has 2 aliphatic heterocycles. The number of hydrogen-bond acceptors (Lipinski definition) is 5. The highest BCUT2D eigenvalue weighted by Gasteiger charge is 2.27. The molecule has 3 heterocycles. The molecule has 0 aromatic carbocycles. The molecule has 8 nitrogen and oxygen atoms in total. The Balaban J connectivity index is 1.36. The Morgan fingerprint density at radius 3 is 2.56 bits per heavy atom. The van der Waals surface area contributed by atoms with E-state index in [-0.39, 0.29) is 18.4 Å². The number of anilines is 1. The second-order valence-corrected chi connectivity index (χ2v) is 7.48. The molecule has 1 N–H and O–H groups in total. The molecule has 1 aromatic heterocycles. The van der Waals surface area contributed by atoms with Gasteiger partial charge in [0.1, 0.15) is 12.4 Å². The number of amides is 2. The van der Waals surface area contributed by atoms with Gasteiger partial charge in [0.2, 0.25) is 11.8 Å². The van der Waals surface area contributed by atoms with Crippen molar-refractivity contribution >= 4 is 17.6 Å². The lowest BCUT2D eigenvalue weighted by Crippen LogP contribution is -2.47. The first kappa shape index (κ1) is 19.8. The largest absolute Gasteiger partial charge is 0.354 e. The van der Waals surface area contributed by atoms with Crippen molar-refractivity contribution in [3.8, 4) is 0 Å². The van der Waals surface area contributed by atoms with Gasteiger partial charge in [0.15, 0.2) is 0 Å². The van der Waals surface area contributed by atoms with Crippen LogP contribution in [0.2, 0.25) is 0 Å². The number of piperazine rings is 1. The second kappa shape index (κ2) is 9.32. The van der Waals surface area contributed by atoms with E-state index in [0.29, 0.717) is 19.5 Å². The number of carbonyl (C=O) groups is 2. The number of hydrogen-bond donors (Lipinski definition) is 1. The second-order valence-electron chi connectivity index (χ2n) is 7.48. The van der Waals surface area contributed by atoms with Crippen molar-refractivity contribution in [1.29, 1.82) is 0 Å². The van der Waals surface area contributed by atoms with Gasteiger partial charge in [-0.1, -0.05) is 6.92 Å². The van der Waals surface area contributed by atoms with Crippen molar-refractivity contribution in [3.05, 3.63) is 11.8 Å². The summed E-state index contributed by atoms with van der Waals surface area (Å²) >= 11 is 0. The lowest BCUT2D eigenvalue weighted by molar-refractivity contribution is -0.124. The maximum Gasteiger partial charge on any atom is 0.240 e. The van der Waals surface area contributed by atoms with E-state index in [9.17, 15) is 9.59 Å². The van der Waals surface area contributed by atoms with Gasteiger partial charge in [-0.05, 0) is 32.9 Å². The van der Waals surface area contributed by atoms with Gasteiger partial charge in [0.25, 0.3) is 0 Å². The number of carbonyl (C=O) groups excluding carboxylic acids is 2. The molecule has 0 saturated carbocycles. The molecule has 1 saturated heterocycles. The van der Waals surface area contributed by atoms with E-state index < -0.39 is 0 Å². The van der Waals surface area contributed by atoms with Crippen molar-refractivity contribution < 1.29 is 9.59 Å². The van der Waals surface area contributed by atoms with E-state index in [0.717, 1.165) is 50.7 Å². The van der Waals surface area contributed by atoms with Gasteiger partial charge < -0.3 is 15.1 Å². The third-order valence-electron chi connectivity index (χ3n) is 5.28. The van der Waals surface area contributed by atoms with Crippen molar-refractivity contribution in [3.63, 3.8) is 0 Å². The van der Waals surface area contributed by atoms with Crippen LogP contribution in [0.3, 0.4) is 0 Å². The zero-order valence-electron chi connectivity index (χ0n) is 16.6. The predicted molar refractivity (Wildman–Crippen MR) is 105 cm³/mol. The molecular weight excluding hydrogens is 344 g/mol. The van der Waals surface area contributed by atoms with E-state index >= 15 is 0 Å². The summed E-state index contributed by atoms with van der Waals surface area (Å²) in [5.74, 6) is 0.606. The molecule has 150 valence electrons. The molecule has 3 rings (SSSR count). The highest BCUT2D eigenvalue weighted by atomic mass is 16.2. The molecule has 2 aliphatic rings. The van der Waals surface area contributed by atoms with Crippen LogP contribution in [-0.2, 0) is 16.1 Å². The Kier molecular flexibility index (Phi) is 6.84. The van der Waals surface area contributed by atoms with E-state index in [2.05, 4.69) is 27.1 Å². The predicted octanol–water partition coefficient (Wildman–Crippen LogP) is 0.462. The van der Waals surface area contributed by atoms with Crippen molar-refractivity contribution in [2.75, 3.05) is 57.3 Å². The zero-order chi connectivity index (χ0) is 19.2. The Hall–Kier alpha value is -1.93. The summed E-state index contributed by atoms with van der Waals surface area (Å²) in [7, 11) is 0. The third kappa shape index (κ3) is 5.29. The van der Waals surface area contributed by atoms with E-state index in [4.69, 9.17) is 0 Å². The Morgan fingerprint density at radius 1 is 1.15 bits per heavy atom. The number of nitrogens with one attached hydrogen (secondary N) is 1. The molecule has 27 heavy (non-hydrogen) atoms. The molecule has 1 fully saturated rings. The van der Waals surface area contributed by atoms with E-state index in [1.165, 1.54) is 13.0 Å². The van der Waals surface area contributed by atoms with Crippen LogP contribution >= 0.6 is 0 Å². The average Bonchev–Trinajstić information content (AvgIpc) is 3.03. The van der Waals surface area contributed by atoms with Gasteiger partial charge >= 0.3 is 0 Å². The molecule has 1 aromatic rings. The zero-order valence-corrected chi connectivity index (χ0v) is 16.6. The summed E-state index contributed by atoms with van der Waals surface area (Å²) in [6.45, 7) is 12.1. The summed E-state index contributed by atoms with van der Waals surface area (Å²) < 4.78 is 1.81. The first-order valence-corrected chi connectivity index (χ1v) is 10.1. The van der Waals surface area contributed by atoms with Crippen molar-refractivity contribution in [1.82, 2.24) is 24.9 Å². The molecule has 0 atom stereocenters. The monoisotopic (exact) mass is 376 g/mol. The first-order chi connectivity index (χ1) is 13.1. The quantitative estimate of drug-likeness (QED) is 0.668. The summed E-state index contributed by atoms with van der Waals surface area (Å²) in [6.07, 6.45) is 2.54. The van der Waals surface area contributed by atoms with Gasteiger partial charge in [-0.25, -0.2) is 4.68 Å². The van der Waals surface area contributed by atoms with Crippen LogP contribution in [0, 0.1) is 6.92 Å². The standard InChI is InChI=1S/C19H32N6O2/c1-3-7-22-10-12-23(13-11-22)8-4-6-20-17(26)15-24-18-14-16(2)21-25(18)9-5-19(24)27/h14H,3-13,15H2,1-2H3,(H,20,26). The highest BCUT2D eigenvalue weighted by molar-refractivity contribution is 5.98. The molecule has 2 amide bonds. The van der Waals surface area contributed by atoms with Gasteiger partial charge in [0, 0.05) is 45.2 Å². The number of fused-ring (bicyclic) bond motifs is 1. The fourth-order valence-corrected chi connectivity index (χ4v) is 3.83. The molecule has 0 aliphatic carbocycles. The topological polar surface area (TPSA) is 73.7 Å². The summed E-state index contributed by atoms with van der Waals surface area (Å²) in [5, 5.41) is 7.33. The minimum Gasteiger partial charge on any atom is -0.354 e. The van der Waals surface area contributed by atoms with Crippen LogP contribution < -0.4 is 10.2 Å². The van der Waals surface area contributed by atoms with Gasteiger partial charge in [-0.3, -0.25) is 14.5 Å². The molecular formula is C19H32N6O2. The van der Waals surface area contributed by atoms with E-state index in [1.807, 2.05) is 17.7 Å². The lowest BCUT2D eigenvalue weighted by atomic mass is 10.2. The maximum atomic E-state index is 12.3. The van der Waals surface area contributed by atoms with E-state index in [1.54, 1.807) is 4.90 Å². The molecule has 0 spiro atoms. The van der Waals surface area contributed by atoms with Gasteiger partial charge in [0.05, 0.1) is 12.2 Å². The normalized spacial score (nSPS) is 18.6. The Bertz CT molecular complexity index is 651. The lowest BCUT2D eigenvalue weighted by Gasteiger charge is -2.34. The number of rotatable bonds is 8. The number of aromatic nitrogens is 2. The van der Waals surface area contributed by atoms with Crippen LogP contribution in [0.25, 0.3) is 0 Å². The van der Waals surface area contributed by atoms with Crippen LogP contribution in [0.5, 0.6) is 0 Å². The van der Waals surface area contributed by atoms with Gasteiger partial charge in [-0.2, -0.15) is 5.10 Å². The Morgan fingerprint density at radius 2 is 1.85 bits per heavy atom. The number of aryl methyl sites for hydroxylation is 2. The van der Waals surface area contributed by atoms with Crippen LogP contribution in [-0.4, -0.2) is 83.8 Å². The third-order valence-corrected chi connectivity index (χ3v) is 5.28. The Labute approximate surface area is 161 Å². The molecule has 8 heteroatoms. The molecule has 0 radical (unpaired) electrons. The first-order valence-electron chi connectivity index (χ1n) is 10.1. The van der Waals surface area contributed by atoms with Gasteiger partial charge in [-0.15, -0.1) is 0 Å². The van der Waals surface area contributed by atoms with Crippen molar-refractivity contribution in [2.45, 2.75) is 39.7 Å². The minimum absolute atomic E-state index is 0.0116. The fourth-order valence-electron chi connectivity index (χ4n) is 3.83. The molecule has 0 bridgehead atoms. The van der Waals surface area contributed by atoms with Crippen LogP contribution in [0.4, 0.5) is 5.82 Å². The summed E-state index contributed by atoms with van der Waals surface area (Å²) in [4.78, 5) is 31.0. The molecule has 0 unspecified atom stereocenters. The van der Waals surface area contributed by atoms with Crippen LogP contribution in [0.15, 0.2) is 6.07 Å². The smallest absolute Gasteiger partial charge is 0.240 e. The van der Waals surface area contributed by atoms with Crippen LogP contribution in [0.1, 0.15) is 31.9 Å². The SMILES string of the molecule is CCCN1CCN(CCCNC(=O)CN2C(=O)CCn3nc(C)cc32)CC1. The minimum atomic E-state index is -0.108. The summed E-state index contributed by atoms with van der Waals surface area (Å²) in [5.41, 5.74) is 0.865. The highest BCUT2D eigenvalue weighted by Crippen LogP contribution is 2.21.